The number of rotatable bonds is 3. The zero-order chi connectivity index (χ0) is 13.1. The van der Waals surface area contributed by atoms with Crippen LogP contribution in [0.3, 0.4) is 0 Å². The minimum Gasteiger partial charge on any atom is -0.294 e. The highest BCUT2D eigenvalue weighted by Gasteiger charge is 2.18. The molecule has 0 aliphatic heterocycles. The second-order valence-electron chi connectivity index (χ2n) is 3.83. The molecule has 0 aliphatic carbocycles. The number of carbonyl (C=O) groups is 1. The maximum absolute atomic E-state index is 13.4. The van der Waals surface area contributed by atoms with Gasteiger partial charge in [-0.25, -0.2) is 13.2 Å². The van der Waals surface area contributed by atoms with Gasteiger partial charge in [-0.3, -0.25) is 4.79 Å². The molecule has 0 bridgehead atoms. The summed E-state index contributed by atoms with van der Waals surface area (Å²) in [7, 11) is 0. The number of Topliss-reactive ketones (excluding diaryl/α,β-unsaturated/α-hetero) is 1. The Bertz CT molecular complexity index is 556. The number of halogens is 3. The molecule has 0 radical (unpaired) electrons. The zero-order valence-electron chi connectivity index (χ0n) is 9.29. The Labute approximate surface area is 102 Å². The third-order valence-electron chi connectivity index (χ3n) is 2.49. The number of hydrogen-bond acceptors (Lipinski definition) is 1. The average Bonchev–Trinajstić information content (AvgIpc) is 2.28. The number of carbonyl (C=O) groups excluding carboxylic acids is 1. The first kappa shape index (κ1) is 12.4. The summed E-state index contributed by atoms with van der Waals surface area (Å²) in [5.74, 6) is -4.10. The highest BCUT2D eigenvalue weighted by molar-refractivity contribution is 5.98. The molecule has 2 aromatic carbocycles. The van der Waals surface area contributed by atoms with E-state index in [1.165, 1.54) is 0 Å². The second-order valence-corrected chi connectivity index (χ2v) is 3.83. The first-order valence-corrected chi connectivity index (χ1v) is 5.29. The first-order chi connectivity index (χ1) is 8.58. The summed E-state index contributed by atoms with van der Waals surface area (Å²) in [6.07, 6.45) is -0.125. The molecule has 0 spiro atoms. The van der Waals surface area contributed by atoms with Crippen molar-refractivity contribution in [2.24, 2.45) is 0 Å². The Hall–Kier alpha value is -2.10. The van der Waals surface area contributed by atoms with Gasteiger partial charge < -0.3 is 0 Å². The quantitative estimate of drug-likeness (QED) is 0.761. The van der Waals surface area contributed by atoms with Crippen molar-refractivity contribution in [3.8, 4) is 0 Å². The molecule has 0 saturated carbocycles. The Morgan fingerprint density at radius 2 is 1.50 bits per heavy atom. The molecular formula is C14H9F3O. The summed E-state index contributed by atoms with van der Waals surface area (Å²) in [4.78, 5) is 11.8. The van der Waals surface area contributed by atoms with Gasteiger partial charge in [0.25, 0.3) is 0 Å². The SMILES string of the molecule is O=C(Cc1ccccc1)c1c(F)cc(F)cc1F. The van der Waals surface area contributed by atoms with E-state index in [9.17, 15) is 18.0 Å². The van der Waals surface area contributed by atoms with E-state index in [-0.39, 0.29) is 6.42 Å². The van der Waals surface area contributed by atoms with Crippen LogP contribution in [0, 0.1) is 17.5 Å². The molecule has 0 fully saturated rings. The molecule has 2 rings (SSSR count). The van der Waals surface area contributed by atoms with E-state index in [0.29, 0.717) is 17.7 Å². The molecule has 0 aromatic heterocycles. The molecule has 2 aromatic rings. The monoisotopic (exact) mass is 250 g/mol. The van der Waals surface area contributed by atoms with Crippen LogP contribution in [0.2, 0.25) is 0 Å². The lowest BCUT2D eigenvalue weighted by Gasteiger charge is -2.04. The van der Waals surface area contributed by atoms with Gasteiger partial charge in [0.2, 0.25) is 0 Å². The molecular weight excluding hydrogens is 241 g/mol. The van der Waals surface area contributed by atoms with Crippen LogP contribution in [-0.4, -0.2) is 5.78 Å². The van der Waals surface area contributed by atoms with Gasteiger partial charge in [0.05, 0.1) is 5.56 Å². The molecule has 0 heterocycles. The zero-order valence-corrected chi connectivity index (χ0v) is 9.29. The Morgan fingerprint density at radius 3 is 2.06 bits per heavy atom. The van der Waals surface area contributed by atoms with Gasteiger partial charge in [-0.15, -0.1) is 0 Å². The summed E-state index contributed by atoms with van der Waals surface area (Å²) in [5.41, 5.74) is -0.0501. The van der Waals surface area contributed by atoms with Crippen LogP contribution in [0.4, 0.5) is 13.2 Å². The van der Waals surface area contributed by atoms with Crippen molar-refractivity contribution in [1.82, 2.24) is 0 Å². The normalized spacial score (nSPS) is 10.4. The van der Waals surface area contributed by atoms with Gasteiger partial charge in [0.15, 0.2) is 5.78 Å². The molecule has 0 amide bonds. The summed E-state index contributed by atoms with van der Waals surface area (Å²) in [6, 6.07) is 9.57. The minimum atomic E-state index is -1.17. The van der Waals surface area contributed by atoms with Crippen LogP contribution in [0.25, 0.3) is 0 Å². The van der Waals surface area contributed by atoms with Gasteiger partial charge in [0.1, 0.15) is 17.5 Å². The van der Waals surface area contributed by atoms with E-state index >= 15 is 0 Å². The maximum Gasteiger partial charge on any atom is 0.173 e. The molecule has 0 saturated heterocycles. The molecule has 0 aliphatic rings. The molecule has 18 heavy (non-hydrogen) atoms. The van der Waals surface area contributed by atoms with E-state index in [2.05, 4.69) is 0 Å². The highest BCUT2D eigenvalue weighted by atomic mass is 19.1. The van der Waals surface area contributed by atoms with Crippen molar-refractivity contribution in [3.63, 3.8) is 0 Å². The van der Waals surface area contributed by atoms with E-state index in [4.69, 9.17) is 0 Å². The van der Waals surface area contributed by atoms with E-state index in [0.717, 1.165) is 0 Å². The van der Waals surface area contributed by atoms with Gasteiger partial charge in [-0.05, 0) is 5.56 Å². The van der Waals surface area contributed by atoms with Crippen molar-refractivity contribution in [1.29, 1.82) is 0 Å². The topological polar surface area (TPSA) is 17.1 Å². The smallest absolute Gasteiger partial charge is 0.173 e. The predicted octanol–water partition coefficient (Wildman–Crippen LogP) is 3.53. The lowest BCUT2D eigenvalue weighted by Crippen LogP contribution is -2.09. The van der Waals surface area contributed by atoms with Crippen LogP contribution in [0.5, 0.6) is 0 Å². The van der Waals surface area contributed by atoms with Crippen molar-refractivity contribution < 1.29 is 18.0 Å². The maximum atomic E-state index is 13.4. The average molecular weight is 250 g/mol. The van der Waals surface area contributed by atoms with Gasteiger partial charge >= 0.3 is 0 Å². The molecule has 0 unspecified atom stereocenters. The van der Waals surface area contributed by atoms with E-state index in [1.54, 1.807) is 30.3 Å². The lowest BCUT2D eigenvalue weighted by atomic mass is 10.0. The predicted molar refractivity (Wildman–Crippen MR) is 60.8 cm³/mol. The highest BCUT2D eigenvalue weighted by Crippen LogP contribution is 2.17. The Kier molecular flexibility index (Phi) is 3.46. The summed E-state index contributed by atoms with van der Waals surface area (Å²) >= 11 is 0. The lowest BCUT2D eigenvalue weighted by molar-refractivity contribution is 0.0984. The second kappa shape index (κ2) is 5.04. The molecule has 0 N–H and O–H groups in total. The fraction of sp³-hybridized carbons (Fsp3) is 0.0714. The first-order valence-electron chi connectivity index (χ1n) is 5.29. The van der Waals surface area contributed by atoms with Crippen LogP contribution < -0.4 is 0 Å². The largest absolute Gasteiger partial charge is 0.294 e. The van der Waals surface area contributed by atoms with Crippen LogP contribution in [0.1, 0.15) is 15.9 Å². The van der Waals surface area contributed by atoms with Gasteiger partial charge in [-0.2, -0.15) is 0 Å². The minimum absolute atomic E-state index is 0.125. The standard InChI is InChI=1S/C14H9F3O/c15-10-7-11(16)14(12(17)8-10)13(18)6-9-4-2-1-3-5-9/h1-5,7-8H,6H2. The van der Waals surface area contributed by atoms with Crippen molar-refractivity contribution in [3.05, 3.63) is 71.0 Å². The van der Waals surface area contributed by atoms with Gasteiger partial charge in [-0.1, -0.05) is 30.3 Å². The third-order valence-corrected chi connectivity index (χ3v) is 2.49. The summed E-state index contributed by atoms with van der Waals surface area (Å²) < 4.78 is 39.4. The Morgan fingerprint density at radius 1 is 0.944 bits per heavy atom. The van der Waals surface area contributed by atoms with Crippen molar-refractivity contribution >= 4 is 5.78 Å². The fourth-order valence-electron chi connectivity index (χ4n) is 1.68. The van der Waals surface area contributed by atoms with E-state index in [1.807, 2.05) is 0 Å². The molecule has 4 heteroatoms. The van der Waals surface area contributed by atoms with Gasteiger partial charge in [0, 0.05) is 18.6 Å². The summed E-state index contributed by atoms with van der Waals surface area (Å²) in [5, 5.41) is 0. The van der Waals surface area contributed by atoms with Crippen molar-refractivity contribution in [2.45, 2.75) is 6.42 Å². The summed E-state index contributed by atoms with van der Waals surface area (Å²) in [6.45, 7) is 0. The molecule has 92 valence electrons. The third kappa shape index (κ3) is 2.59. The van der Waals surface area contributed by atoms with Crippen LogP contribution >= 0.6 is 0 Å². The molecule has 0 atom stereocenters. The number of ketones is 1. The van der Waals surface area contributed by atoms with Crippen molar-refractivity contribution in [2.75, 3.05) is 0 Å². The number of benzene rings is 2. The number of hydrogen-bond donors (Lipinski definition) is 0. The van der Waals surface area contributed by atoms with Crippen LogP contribution in [-0.2, 0) is 6.42 Å². The Balaban J connectivity index is 2.30. The van der Waals surface area contributed by atoms with Crippen LogP contribution in [0.15, 0.2) is 42.5 Å². The van der Waals surface area contributed by atoms with E-state index < -0.39 is 28.8 Å². The fourth-order valence-corrected chi connectivity index (χ4v) is 1.68. The molecule has 1 nitrogen and oxygen atoms in total.